The van der Waals surface area contributed by atoms with E-state index in [-0.39, 0.29) is 0 Å². The highest BCUT2D eigenvalue weighted by molar-refractivity contribution is 9.10. The van der Waals surface area contributed by atoms with Crippen LogP contribution >= 0.6 is 27.7 Å². The van der Waals surface area contributed by atoms with Gasteiger partial charge in [0.05, 0.1) is 6.10 Å². The molecule has 0 aliphatic rings. The predicted molar refractivity (Wildman–Crippen MR) is 73.1 cm³/mol. The van der Waals surface area contributed by atoms with Crippen LogP contribution in [-0.2, 0) is 0 Å². The minimum Gasteiger partial charge on any atom is -0.389 e. The van der Waals surface area contributed by atoms with Gasteiger partial charge in [0, 0.05) is 21.1 Å². The van der Waals surface area contributed by atoms with Crippen molar-refractivity contribution >= 4 is 27.7 Å². The number of benzene rings is 1. The minimum absolute atomic E-state index is 0.312. The molecule has 1 aromatic heterocycles. The molecule has 0 fully saturated rings. The second-order valence-corrected chi connectivity index (χ2v) is 5.72. The molecule has 0 amide bonds. The van der Waals surface area contributed by atoms with Crippen LogP contribution in [0, 0.1) is 5.82 Å². The molecule has 0 bridgehead atoms. The molecule has 0 saturated carbocycles. The van der Waals surface area contributed by atoms with Crippen LogP contribution in [0.4, 0.5) is 4.39 Å². The van der Waals surface area contributed by atoms with E-state index in [1.165, 1.54) is 17.8 Å². The molecule has 0 unspecified atom stereocenters. The highest BCUT2D eigenvalue weighted by atomic mass is 79.9. The Hall–Kier alpha value is -0.910. The molecule has 2 rings (SSSR count). The quantitative estimate of drug-likeness (QED) is 0.917. The van der Waals surface area contributed by atoms with Crippen LogP contribution < -0.4 is 0 Å². The Morgan fingerprint density at radius 2 is 2.11 bits per heavy atom. The van der Waals surface area contributed by atoms with Crippen LogP contribution in [0.25, 0.3) is 0 Å². The number of hydrogen-bond donors (Lipinski definition) is 1. The number of halogens is 2. The molecule has 0 aliphatic heterocycles. The van der Waals surface area contributed by atoms with Gasteiger partial charge in [-0.3, -0.25) is 0 Å². The number of aromatic nitrogens is 1. The number of aliphatic hydroxyl groups is 1. The summed E-state index contributed by atoms with van der Waals surface area (Å²) in [6.07, 6.45) is 0.841. The van der Waals surface area contributed by atoms with E-state index in [1.54, 1.807) is 25.3 Å². The minimum atomic E-state index is -0.843. The standard InChI is InChI=1S/C13H11BrFNOS/c1-8(17)13-10(15)3-2-4-11(13)18-12-6-5-9(14)7-16-12/h2-8,17H,1H3/t8-/m0/s1. The molecule has 2 aromatic rings. The summed E-state index contributed by atoms with van der Waals surface area (Å²) in [6.45, 7) is 1.55. The Morgan fingerprint density at radius 1 is 1.33 bits per heavy atom. The summed E-state index contributed by atoms with van der Waals surface area (Å²) in [4.78, 5) is 4.90. The smallest absolute Gasteiger partial charge is 0.130 e. The van der Waals surface area contributed by atoms with Crippen LogP contribution in [-0.4, -0.2) is 10.1 Å². The first-order valence-electron chi connectivity index (χ1n) is 5.34. The van der Waals surface area contributed by atoms with E-state index < -0.39 is 11.9 Å². The molecule has 2 nitrogen and oxygen atoms in total. The van der Waals surface area contributed by atoms with Gasteiger partial charge in [-0.05, 0) is 47.1 Å². The topological polar surface area (TPSA) is 33.1 Å². The maximum Gasteiger partial charge on any atom is 0.130 e. The molecule has 0 radical (unpaired) electrons. The van der Waals surface area contributed by atoms with Gasteiger partial charge in [0.2, 0.25) is 0 Å². The third kappa shape index (κ3) is 3.10. The summed E-state index contributed by atoms with van der Waals surface area (Å²) in [5, 5.41) is 10.4. The summed E-state index contributed by atoms with van der Waals surface area (Å²) in [5.74, 6) is -0.396. The molecule has 18 heavy (non-hydrogen) atoms. The third-order valence-corrected chi connectivity index (χ3v) is 3.84. The van der Waals surface area contributed by atoms with Gasteiger partial charge in [-0.1, -0.05) is 17.8 Å². The Morgan fingerprint density at radius 3 is 2.72 bits per heavy atom. The summed E-state index contributed by atoms with van der Waals surface area (Å²) >= 11 is 4.64. The Kier molecular flexibility index (Phi) is 4.37. The maximum atomic E-state index is 13.7. The van der Waals surface area contributed by atoms with Crippen LogP contribution in [0.5, 0.6) is 0 Å². The van der Waals surface area contributed by atoms with E-state index in [9.17, 15) is 9.50 Å². The van der Waals surface area contributed by atoms with Crippen molar-refractivity contribution in [2.24, 2.45) is 0 Å². The monoisotopic (exact) mass is 327 g/mol. The molecule has 1 N–H and O–H groups in total. The molecular formula is C13H11BrFNOS. The molecule has 0 spiro atoms. The first kappa shape index (κ1) is 13.5. The van der Waals surface area contributed by atoms with E-state index in [0.29, 0.717) is 10.5 Å². The Labute approximate surface area is 117 Å². The number of nitrogens with zero attached hydrogens (tertiary/aromatic N) is 1. The molecular weight excluding hydrogens is 317 g/mol. The third-order valence-electron chi connectivity index (χ3n) is 2.35. The van der Waals surface area contributed by atoms with E-state index >= 15 is 0 Å². The fraction of sp³-hybridized carbons (Fsp3) is 0.154. The second kappa shape index (κ2) is 5.82. The van der Waals surface area contributed by atoms with Crippen molar-refractivity contribution in [1.82, 2.24) is 4.98 Å². The lowest BCUT2D eigenvalue weighted by atomic mass is 10.1. The summed E-state index contributed by atoms with van der Waals surface area (Å²) < 4.78 is 14.6. The lowest BCUT2D eigenvalue weighted by molar-refractivity contribution is 0.191. The lowest BCUT2D eigenvalue weighted by Gasteiger charge is -2.12. The zero-order chi connectivity index (χ0) is 13.1. The van der Waals surface area contributed by atoms with E-state index in [0.717, 1.165) is 9.50 Å². The fourth-order valence-corrected chi connectivity index (χ4v) is 2.77. The Bertz CT molecular complexity index is 545. The van der Waals surface area contributed by atoms with Crippen LogP contribution in [0.3, 0.4) is 0 Å². The summed E-state index contributed by atoms with van der Waals surface area (Å²) in [6, 6.07) is 8.46. The zero-order valence-corrected chi connectivity index (χ0v) is 12.0. The molecule has 1 heterocycles. The fourth-order valence-electron chi connectivity index (χ4n) is 1.55. The van der Waals surface area contributed by atoms with Crippen molar-refractivity contribution in [2.45, 2.75) is 22.9 Å². The maximum absolute atomic E-state index is 13.7. The van der Waals surface area contributed by atoms with Crippen LogP contribution in [0.2, 0.25) is 0 Å². The van der Waals surface area contributed by atoms with Crippen molar-refractivity contribution in [3.05, 3.63) is 52.4 Å². The first-order chi connectivity index (χ1) is 8.58. The van der Waals surface area contributed by atoms with E-state index in [4.69, 9.17) is 0 Å². The summed E-state index contributed by atoms with van der Waals surface area (Å²) in [5.41, 5.74) is 0.312. The molecule has 1 aromatic carbocycles. The van der Waals surface area contributed by atoms with Crippen molar-refractivity contribution in [3.8, 4) is 0 Å². The van der Waals surface area contributed by atoms with Crippen LogP contribution in [0.1, 0.15) is 18.6 Å². The van der Waals surface area contributed by atoms with E-state index in [1.807, 2.05) is 12.1 Å². The average Bonchev–Trinajstić information content (AvgIpc) is 2.32. The highest BCUT2D eigenvalue weighted by Crippen LogP contribution is 2.33. The molecule has 94 valence electrons. The Balaban J connectivity index is 2.34. The SMILES string of the molecule is C[C@H](O)c1c(F)cccc1Sc1ccc(Br)cn1. The van der Waals surface area contributed by atoms with E-state index in [2.05, 4.69) is 20.9 Å². The van der Waals surface area contributed by atoms with Gasteiger partial charge in [0.25, 0.3) is 0 Å². The van der Waals surface area contributed by atoms with Gasteiger partial charge in [-0.15, -0.1) is 0 Å². The van der Waals surface area contributed by atoms with Crippen molar-refractivity contribution in [2.75, 3.05) is 0 Å². The predicted octanol–water partition coefficient (Wildman–Crippen LogP) is 4.19. The number of hydrogen-bond acceptors (Lipinski definition) is 3. The molecule has 5 heteroatoms. The molecule has 0 saturated heterocycles. The van der Waals surface area contributed by atoms with Gasteiger partial charge < -0.3 is 5.11 Å². The van der Waals surface area contributed by atoms with Gasteiger partial charge >= 0.3 is 0 Å². The lowest BCUT2D eigenvalue weighted by Crippen LogP contribution is -1.98. The van der Waals surface area contributed by atoms with Gasteiger partial charge in [0.15, 0.2) is 0 Å². The average molecular weight is 328 g/mol. The van der Waals surface area contributed by atoms with Gasteiger partial charge in [-0.2, -0.15) is 0 Å². The number of pyridine rings is 1. The van der Waals surface area contributed by atoms with Crippen molar-refractivity contribution < 1.29 is 9.50 Å². The number of rotatable bonds is 3. The van der Waals surface area contributed by atoms with Gasteiger partial charge in [-0.25, -0.2) is 9.37 Å². The molecule has 1 atom stereocenters. The van der Waals surface area contributed by atoms with Crippen molar-refractivity contribution in [3.63, 3.8) is 0 Å². The normalized spacial score (nSPS) is 12.4. The largest absolute Gasteiger partial charge is 0.389 e. The number of aliphatic hydroxyl groups excluding tert-OH is 1. The first-order valence-corrected chi connectivity index (χ1v) is 6.95. The highest BCUT2D eigenvalue weighted by Gasteiger charge is 2.14. The second-order valence-electron chi connectivity index (χ2n) is 3.74. The van der Waals surface area contributed by atoms with Crippen molar-refractivity contribution in [1.29, 1.82) is 0 Å². The summed E-state index contributed by atoms with van der Waals surface area (Å²) in [7, 11) is 0. The zero-order valence-electron chi connectivity index (χ0n) is 9.60. The van der Waals surface area contributed by atoms with Crippen LogP contribution in [0.15, 0.2) is 50.9 Å². The van der Waals surface area contributed by atoms with Gasteiger partial charge in [0.1, 0.15) is 10.8 Å². The molecule has 0 aliphatic carbocycles.